The van der Waals surface area contributed by atoms with E-state index in [9.17, 15) is 14.4 Å². The van der Waals surface area contributed by atoms with Gasteiger partial charge in [0.25, 0.3) is 5.91 Å². The van der Waals surface area contributed by atoms with Crippen LogP contribution in [0, 0.1) is 6.92 Å². The first kappa shape index (κ1) is 23.4. The number of benzene rings is 3. The van der Waals surface area contributed by atoms with Crippen LogP contribution in [0.2, 0.25) is 0 Å². The SMILES string of the molecule is CC(=O)Nc1cccc(NC(=O)c2cccc(-n3cc(NC(=O)Cc4cccc(C)c4)cn3)c2)c1. The highest BCUT2D eigenvalue weighted by molar-refractivity contribution is 6.05. The lowest BCUT2D eigenvalue weighted by atomic mass is 10.1. The van der Waals surface area contributed by atoms with Gasteiger partial charge in [-0.1, -0.05) is 42.0 Å². The van der Waals surface area contributed by atoms with Crippen molar-refractivity contribution in [3.8, 4) is 5.69 Å². The molecule has 1 aromatic heterocycles. The Balaban J connectivity index is 1.42. The minimum Gasteiger partial charge on any atom is -0.326 e. The molecule has 4 aromatic rings. The van der Waals surface area contributed by atoms with E-state index in [0.717, 1.165) is 11.1 Å². The van der Waals surface area contributed by atoms with Crippen molar-refractivity contribution in [2.45, 2.75) is 20.3 Å². The van der Waals surface area contributed by atoms with Gasteiger partial charge in [0.15, 0.2) is 0 Å². The average Bonchev–Trinajstić information content (AvgIpc) is 3.27. The molecule has 0 radical (unpaired) electrons. The molecule has 176 valence electrons. The van der Waals surface area contributed by atoms with E-state index in [2.05, 4.69) is 21.0 Å². The summed E-state index contributed by atoms with van der Waals surface area (Å²) in [6, 6.07) is 21.7. The fourth-order valence-electron chi connectivity index (χ4n) is 3.61. The second kappa shape index (κ2) is 10.5. The van der Waals surface area contributed by atoms with Gasteiger partial charge >= 0.3 is 0 Å². The molecule has 3 amide bonds. The number of aryl methyl sites for hydroxylation is 1. The summed E-state index contributed by atoms with van der Waals surface area (Å²) >= 11 is 0. The molecule has 0 fully saturated rings. The van der Waals surface area contributed by atoms with Gasteiger partial charge in [0.2, 0.25) is 11.8 Å². The normalized spacial score (nSPS) is 10.5. The molecule has 35 heavy (non-hydrogen) atoms. The standard InChI is InChI=1S/C27H25N5O3/c1-18-6-3-7-20(12-18)13-26(34)30-24-16-28-32(17-24)25-11-4-8-21(14-25)27(35)31-23-10-5-9-22(15-23)29-19(2)33/h3-12,14-17H,13H2,1-2H3,(H,29,33)(H,30,34)(H,31,35). The maximum absolute atomic E-state index is 12.8. The third-order valence-electron chi connectivity index (χ3n) is 5.13. The first-order chi connectivity index (χ1) is 16.9. The van der Waals surface area contributed by atoms with Crippen molar-refractivity contribution < 1.29 is 14.4 Å². The fraction of sp³-hybridized carbons (Fsp3) is 0.111. The van der Waals surface area contributed by atoms with Gasteiger partial charge in [-0.05, 0) is 48.9 Å². The predicted octanol–water partition coefficient (Wildman–Crippen LogP) is 4.57. The van der Waals surface area contributed by atoms with Crippen molar-refractivity contribution in [3.05, 3.63) is 102 Å². The van der Waals surface area contributed by atoms with Crippen molar-refractivity contribution >= 4 is 34.8 Å². The Morgan fingerprint density at radius 1 is 0.829 bits per heavy atom. The maximum atomic E-state index is 12.8. The van der Waals surface area contributed by atoms with Crippen LogP contribution in [-0.2, 0) is 16.0 Å². The van der Waals surface area contributed by atoms with Crippen molar-refractivity contribution in [1.82, 2.24) is 9.78 Å². The molecule has 1 heterocycles. The van der Waals surface area contributed by atoms with E-state index in [1.165, 1.54) is 6.92 Å². The molecule has 3 N–H and O–H groups in total. The van der Waals surface area contributed by atoms with Gasteiger partial charge in [0.1, 0.15) is 0 Å². The molecular formula is C27H25N5O3. The molecule has 0 saturated carbocycles. The number of nitrogens with zero attached hydrogens (tertiary/aromatic N) is 2. The van der Waals surface area contributed by atoms with Gasteiger partial charge in [0.05, 0.1) is 30.2 Å². The number of hydrogen-bond acceptors (Lipinski definition) is 4. The summed E-state index contributed by atoms with van der Waals surface area (Å²) in [5, 5.41) is 12.7. The van der Waals surface area contributed by atoms with E-state index in [1.807, 2.05) is 37.3 Å². The average molecular weight is 468 g/mol. The van der Waals surface area contributed by atoms with Crippen molar-refractivity contribution in [2.75, 3.05) is 16.0 Å². The summed E-state index contributed by atoms with van der Waals surface area (Å²) in [4.78, 5) is 36.5. The monoisotopic (exact) mass is 467 g/mol. The van der Waals surface area contributed by atoms with E-state index >= 15 is 0 Å². The topological polar surface area (TPSA) is 105 Å². The van der Waals surface area contributed by atoms with Crippen LogP contribution < -0.4 is 16.0 Å². The van der Waals surface area contributed by atoms with Crippen LogP contribution in [0.3, 0.4) is 0 Å². The highest BCUT2D eigenvalue weighted by Gasteiger charge is 2.11. The van der Waals surface area contributed by atoms with Crippen LogP contribution in [0.4, 0.5) is 17.1 Å². The molecule has 0 spiro atoms. The van der Waals surface area contributed by atoms with E-state index < -0.39 is 0 Å². The molecule has 4 rings (SSSR count). The highest BCUT2D eigenvalue weighted by Crippen LogP contribution is 2.18. The predicted molar refractivity (Wildman–Crippen MR) is 136 cm³/mol. The number of hydrogen-bond donors (Lipinski definition) is 3. The van der Waals surface area contributed by atoms with E-state index in [0.29, 0.717) is 28.3 Å². The minimum atomic E-state index is -0.300. The van der Waals surface area contributed by atoms with Gasteiger partial charge in [-0.25, -0.2) is 4.68 Å². The molecule has 0 unspecified atom stereocenters. The molecule has 0 saturated heterocycles. The molecule has 8 nitrogen and oxygen atoms in total. The number of aromatic nitrogens is 2. The molecule has 0 atom stereocenters. The zero-order valence-corrected chi connectivity index (χ0v) is 19.4. The third kappa shape index (κ3) is 6.42. The summed E-state index contributed by atoms with van der Waals surface area (Å²) in [7, 11) is 0. The lowest BCUT2D eigenvalue weighted by Crippen LogP contribution is -2.14. The van der Waals surface area contributed by atoms with Crippen LogP contribution in [0.25, 0.3) is 5.69 Å². The lowest BCUT2D eigenvalue weighted by Gasteiger charge is -2.09. The minimum absolute atomic E-state index is 0.134. The van der Waals surface area contributed by atoms with Gasteiger partial charge in [-0.3, -0.25) is 14.4 Å². The van der Waals surface area contributed by atoms with Gasteiger partial charge in [-0.2, -0.15) is 5.10 Å². The number of anilines is 3. The van der Waals surface area contributed by atoms with Gasteiger partial charge in [0, 0.05) is 23.9 Å². The van der Waals surface area contributed by atoms with Crippen LogP contribution >= 0.6 is 0 Å². The Kier molecular flexibility index (Phi) is 7.02. The molecule has 0 aliphatic rings. The zero-order chi connectivity index (χ0) is 24.8. The Bertz CT molecular complexity index is 1390. The summed E-state index contributed by atoms with van der Waals surface area (Å²) in [5.74, 6) is -0.624. The largest absolute Gasteiger partial charge is 0.326 e. The Hall–Kier alpha value is -4.72. The van der Waals surface area contributed by atoms with Crippen LogP contribution in [0.5, 0.6) is 0 Å². The summed E-state index contributed by atoms with van der Waals surface area (Å²) in [5.41, 5.74) is 4.87. The van der Waals surface area contributed by atoms with E-state index in [1.54, 1.807) is 59.5 Å². The second-order valence-electron chi connectivity index (χ2n) is 8.15. The number of nitrogens with one attached hydrogen (secondary N) is 3. The first-order valence-corrected chi connectivity index (χ1v) is 11.1. The highest BCUT2D eigenvalue weighted by atomic mass is 16.2. The molecular weight excluding hydrogens is 442 g/mol. The van der Waals surface area contributed by atoms with Crippen molar-refractivity contribution in [3.63, 3.8) is 0 Å². The van der Waals surface area contributed by atoms with E-state index in [-0.39, 0.29) is 24.1 Å². The van der Waals surface area contributed by atoms with Crippen molar-refractivity contribution in [2.24, 2.45) is 0 Å². The third-order valence-corrected chi connectivity index (χ3v) is 5.13. The number of rotatable bonds is 7. The Morgan fingerprint density at radius 2 is 1.57 bits per heavy atom. The number of amides is 3. The summed E-state index contributed by atoms with van der Waals surface area (Å²) < 4.78 is 1.59. The summed E-state index contributed by atoms with van der Waals surface area (Å²) in [6.07, 6.45) is 3.53. The Morgan fingerprint density at radius 3 is 2.34 bits per heavy atom. The smallest absolute Gasteiger partial charge is 0.255 e. The van der Waals surface area contributed by atoms with Crippen molar-refractivity contribution in [1.29, 1.82) is 0 Å². The Labute approximate surface area is 203 Å². The maximum Gasteiger partial charge on any atom is 0.255 e. The molecule has 0 aliphatic carbocycles. The lowest BCUT2D eigenvalue weighted by molar-refractivity contribution is -0.116. The summed E-state index contributed by atoms with van der Waals surface area (Å²) in [6.45, 7) is 3.41. The quantitative estimate of drug-likeness (QED) is 0.370. The van der Waals surface area contributed by atoms with Crippen LogP contribution in [0.1, 0.15) is 28.4 Å². The van der Waals surface area contributed by atoms with Gasteiger partial charge < -0.3 is 16.0 Å². The number of carbonyl (C=O) groups excluding carboxylic acids is 3. The van der Waals surface area contributed by atoms with E-state index in [4.69, 9.17) is 0 Å². The van der Waals surface area contributed by atoms with Crippen LogP contribution in [-0.4, -0.2) is 27.5 Å². The molecule has 0 aliphatic heterocycles. The second-order valence-corrected chi connectivity index (χ2v) is 8.15. The fourth-order valence-corrected chi connectivity index (χ4v) is 3.61. The van der Waals surface area contributed by atoms with Crippen LogP contribution in [0.15, 0.2) is 85.2 Å². The molecule has 8 heteroatoms. The van der Waals surface area contributed by atoms with Gasteiger partial charge in [-0.15, -0.1) is 0 Å². The first-order valence-electron chi connectivity index (χ1n) is 11.1. The molecule has 0 bridgehead atoms. The zero-order valence-electron chi connectivity index (χ0n) is 19.4. The number of carbonyl (C=O) groups is 3. The molecule has 3 aromatic carbocycles.